The molecule has 0 saturated carbocycles. The average molecular weight is 435 g/mol. The third-order valence-electron chi connectivity index (χ3n) is 5.59. The van der Waals surface area contributed by atoms with Crippen LogP contribution >= 0.6 is 0 Å². The zero-order valence-electron chi connectivity index (χ0n) is 17.7. The summed E-state index contributed by atoms with van der Waals surface area (Å²) < 4.78 is 28.6. The molecule has 0 spiro atoms. The summed E-state index contributed by atoms with van der Waals surface area (Å²) in [6.07, 6.45) is 0. The largest absolute Gasteiger partial charge is 0.454 e. The van der Waals surface area contributed by atoms with E-state index in [1.54, 1.807) is 18.2 Å². The maximum atomic E-state index is 12.8. The van der Waals surface area contributed by atoms with E-state index in [4.69, 9.17) is 23.7 Å². The van der Waals surface area contributed by atoms with Gasteiger partial charge in [0.1, 0.15) is 0 Å². The summed E-state index contributed by atoms with van der Waals surface area (Å²) in [6, 6.07) is 12.4. The number of aryl methyl sites for hydroxylation is 1. The molecule has 8 heteroatoms. The number of aromatic nitrogens is 1. The number of ether oxygens (including phenoxy) is 5. The van der Waals surface area contributed by atoms with Gasteiger partial charge < -0.3 is 28.3 Å². The molecule has 0 amide bonds. The van der Waals surface area contributed by atoms with Gasteiger partial charge in [-0.05, 0) is 55.8 Å². The van der Waals surface area contributed by atoms with Crippen molar-refractivity contribution in [2.45, 2.75) is 20.4 Å². The normalized spacial score (nSPS) is 13.3. The van der Waals surface area contributed by atoms with Gasteiger partial charge >= 0.3 is 5.97 Å². The summed E-state index contributed by atoms with van der Waals surface area (Å²) in [6.45, 7) is 4.40. The van der Waals surface area contributed by atoms with Crippen LogP contribution in [0.25, 0.3) is 0 Å². The zero-order valence-corrected chi connectivity index (χ0v) is 17.7. The van der Waals surface area contributed by atoms with E-state index in [0.29, 0.717) is 29.2 Å². The van der Waals surface area contributed by atoms with E-state index in [2.05, 4.69) is 0 Å². The lowest BCUT2D eigenvalue weighted by Gasteiger charge is -2.11. The molecule has 32 heavy (non-hydrogen) atoms. The molecule has 2 aliphatic heterocycles. The van der Waals surface area contributed by atoms with E-state index in [9.17, 15) is 9.59 Å². The van der Waals surface area contributed by atoms with Crippen LogP contribution in [0.1, 0.15) is 37.7 Å². The molecular formula is C24H21NO7. The van der Waals surface area contributed by atoms with Crippen LogP contribution in [-0.2, 0) is 11.3 Å². The van der Waals surface area contributed by atoms with E-state index < -0.39 is 5.97 Å². The predicted octanol–water partition coefficient (Wildman–Crippen LogP) is 3.65. The number of fused-ring (bicyclic) bond motifs is 2. The van der Waals surface area contributed by atoms with Gasteiger partial charge in [0.15, 0.2) is 29.6 Å². The lowest BCUT2D eigenvalue weighted by Crippen LogP contribution is -2.15. The number of Topliss-reactive ketones (excluding diaryl/α,β-unsaturated/α-hetero) is 1. The number of esters is 1. The van der Waals surface area contributed by atoms with E-state index in [-0.39, 0.29) is 26.0 Å². The summed E-state index contributed by atoms with van der Waals surface area (Å²) in [4.78, 5) is 25.2. The lowest BCUT2D eigenvalue weighted by molar-refractivity contribution is 0.0474. The van der Waals surface area contributed by atoms with Crippen molar-refractivity contribution in [3.8, 4) is 23.0 Å². The second kappa shape index (κ2) is 7.96. The van der Waals surface area contributed by atoms with Crippen LogP contribution in [0.3, 0.4) is 0 Å². The highest BCUT2D eigenvalue weighted by Gasteiger charge is 2.21. The van der Waals surface area contributed by atoms with Crippen LogP contribution in [-0.4, -0.2) is 36.5 Å². The molecule has 0 atom stereocenters. The number of carbonyl (C=O) groups is 2. The first kappa shape index (κ1) is 20.0. The first-order chi connectivity index (χ1) is 15.5. The van der Waals surface area contributed by atoms with Crippen molar-refractivity contribution >= 4 is 11.8 Å². The molecule has 8 nitrogen and oxygen atoms in total. The highest BCUT2D eigenvalue weighted by atomic mass is 16.7. The van der Waals surface area contributed by atoms with Crippen molar-refractivity contribution in [2.75, 3.05) is 20.2 Å². The SMILES string of the molecule is Cc1cc(C(=O)COC(=O)c2ccc3c(c2)OCO3)c(C)n1Cc1ccc2c(c1)OCO2. The Morgan fingerprint density at radius 3 is 2.28 bits per heavy atom. The Morgan fingerprint density at radius 1 is 0.875 bits per heavy atom. The third-order valence-corrected chi connectivity index (χ3v) is 5.59. The standard InChI is InChI=1S/C24H21NO7/c1-14-7-18(15(2)25(14)10-16-3-5-20-22(8-16)31-12-29-20)19(26)11-28-24(27)17-4-6-21-23(9-17)32-13-30-21/h3-9H,10-13H2,1-2H3. The Morgan fingerprint density at radius 2 is 1.53 bits per heavy atom. The molecule has 0 aliphatic carbocycles. The van der Waals surface area contributed by atoms with Crippen LogP contribution in [0.2, 0.25) is 0 Å². The molecule has 2 aromatic carbocycles. The molecule has 0 saturated heterocycles. The van der Waals surface area contributed by atoms with Crippen LogP contribution < -0.4 is 18.9 Å². The fourth-order valence-corrected chi connectivity index (χ4v) is 3.86. The number of hydrogen-bond donors (Lipinski definition) is 0. The van der Waals surface area contributed by atoms with Gasteiger partial charge in [0.2, 0.25) is 19.4 Å². The summed E-state index contributed by atoms with van der Waals surface area (Å²) >= 11 is 0. The Kier molecular flexibility index (Phi) is 4.97. The van der Waals surface area contributed by atoms with Gasteiger partial charge in [-0.15, -0.1) is 0 Å². The maximum absolute atomic E-state index is 12.8. The molecule has 3 aromatic rings. The van der Waals surface area contributed by atoms with Gasteiger partial charge in [0, 0.05) is 23.5 Å². The second-order valence-corrected chi connectivity index (χ2v) is 7.63. The van der Waals surface area contributed by atoms with Crippen LogP contribution in [0.15, 0.2) is 42.5 Å². The van der Waals surface area contributed by atoms with Gasteiger partial charge in [0.25, 0.3) is 0 Å². The van der Waals surface area contributed by atoms with Gasteiger partial charge in [0.05, 0.1) is 5.56 Å². The second-order valence-electron chi connectivity index (χ2n) is 7.63. The number of ketones is 1. The van der Waals surface area contributed by atoms with Gasteiger partial charge in [-0.1, -0.05) is 6.07 Å². The molecule has 2 aliphatic rings. The highest BCUT2D eigenvalue weighted by molar-refractivity contribution is 6.00. The first-order valence-corrected chi connectivity index (χ1v) is 10.1. The Labute approximate surface area is 184 Å². The fourth-order valence-electron chi connectivity index (χ4n) is 3.86. The summed E-state index contributed by atoms with van der Waals surface area (Å²) in [5.74, 6) is 1.66. The molecule has 0 N–H and O–H groups in total. The van der Waals surface area contributed by atoms with E-state index in [1.165, 1.54) is 0 Å². The minimum atomic E-state index is -0.592. The van der Waals surface area contributed by atoms with Crippen molar-refractivity contribution < 1.29 is 33.3 Å². The molecular weight excluding hydrogens is 414 g/mol. The Balaban J connectivity index is 1.27. The van der Waals surface area contributed by atoms with Crippen LogP contribution in [0.4, 0.5) is 0 Å². The molecule has 3 heterocycles. The maximum Gasteiger partial charge on any atom is 0.338 e. The third kappa shape index (κ3) is 3.64. The van der Waals surface area contributed by atoms with Crippen molar-refractivity contribution in [2.24, 2.45) is 0 Å². The number of carbonyl (C=O) groups excluding carboxylic acids is 2. The van der Waals surface area contributed by atoms with Gasteiger partial charge in [-0.3, -0.25) is 4.79 Å². The van der Waals surface area contributed by atoms with E-state index in [1.807, 2.05) is 42.7 Å². The molecule has 5 rings (SSSR count). The predicted molar refractivity (Wildman–Crippen MR) is 113 cm³/mol. The zero-order chi connectivity index (χ0) is 22.2. The van der Waals surface area contributed by atoms with Crippen LogP contribution in [0, 0.1) is 13.8 Å². The monoisotopic (exact) mass is 435 g/mol. The van der Waals surface area contributed by atoms with Gasteiger partial charge in [-0.25, -0.2) is 4.79 Å². The van der Waals surface area contributed by atoms with Crippen molar-refractivity contribution in [3.63, 3.8) is 0 Å². The topological polar surface area (TPSA) is 85.2 Å². The molecule has 0 unspecified atom stereocenters. The first-order valence-electron chi connectivity index (χ1n) is 10.1. The molecule has 0 fully saturated rings. The summed E-state index contributed by atoms with van der Waals surface area (Å²) in [5, 5.41) is 0. The summed E-state index contributed by atoms with van der Waals surface area (Å²) in [7, 11) is 0. The molecule has 0 bridgehead atoms. The lowest BCUT2D eigenvalue weighted by atomic mass is 10.1. The molecule has 164 valence electrons. The number of hydrogen-bond acceptors (Lipinski definition) is 7. The molecule has 0 radical (unpaired) electrons. The van der Waals surface area contributed by atoms with E-state index in [0.717, 1.165) is 28.5 Å². The van der Waals surface area contributed by atoms with Crippen LogP contribution in [0.5, 0.6) is 23.0 Å². The van der Waals surface area contributed by atoms with Crippen molar-refractivity contribution in [1.29, 1.82) is 0 Å². The fraction of sp³-hybridized carbons (Fsp3) is 0.250. The Bertz CT molecular complexity index is 1230. The van der Waals surface area contributed by atoms with Gasteiger partial charge in [-0.2, -0.15) is 0 Å². The van der Waals surface area contributed by atoms with Crippen molar-refractivity contribution in [3.05, 3.63) is 70.5 Å². The minimum absolute atomic E-state index is 0.119. The summed E-state index contributed by atoms with van der Waals surface area (Å²) in [5.41, 5.74) is 3.61. The number of rotatable bonds is 6. The number of benzene rings is 2. The molecule has 1 aromatic heterocycles. The minimum Gasteiger partial charge on any atom is -0.454 e. The van der Waals surface area contributed by atoms with E-state index >= 15 is 0 Å². The highest BCUT2D eigenvalue weighted by Crippen LogP contribution is 2.34. The smallest absolute Gasteiger partial charge is 0.338 e. The number of nitrogens with zero attached hydrogens (tertiary/aromatic N) is 1. The average Bonchev–Trinajstić information content (AvgIpc) is 3.52. The Hall–Kier alpha value is -3.94. The van der Waals surface area contributed by atoms with Crippen molar-refractivity contribution in [1.82, 2.24) is 4.57 Å². The quantitative estimate of drug-likeness (QED) is 0.432.